The third-order valence-electron chi connectivity index (χ3n) is 4.32. The summed E-state index contributed by atoms with van der Waals surface area (Å²) >= 11 is 0. The van der Waals surface area contributed by atoms with Crippen molar-refractivity contribution in [3.8, 4) is 5.75 Å². The maximum Gasteiger partial charge on any atom is 0.573 e. The molecule has 5 nitrogen and oxygen atoms in total. The number of amides is 1. The first-order valence-electron chi connectivity index (χ1n) is 7.94. The summed E-state index contributed by atoms with van der Waals surface area (Å²) in [6.45, 7) is 0. The van der Waals surface area contributed by atoms with Crippen molar-refractivity contribution in [2.24, 2.45) is 5.41 Å². The van der Waals surface area contributed by atoms with Gasteiger partial charge in [0, 0.05) is 12.1 Å². The topological polar surface area (TPSA) is 64.6 Å². The van der Waals surface area contributed by atoms with Gasteiger partial charge in [0.05, 0.1) is 13.5 Å². The number of carbonyl (C=O) groups excluding carboxylic acids is 2. The van der Waals surface area contributed by atoms with E-state index in [1.54, 1.807) is 0 Å². The van der Waals surface area contributed by atoms with Crippen molar-refractivity contribution in [2.45, 2.75) is 44.9 Å². The number of methoxy groups -OCH3 is 1. The van der Waals surface area contributed by atoms with Crippen LogP contribution in [0.4, 0.5) is 18.9 Å². The number of nitrogens with one attached hydrogen (secondary N) is 1. The first-order chi connectivity index (χ1) is 11.7. The zero-order valence-corrected chi connectivity index (χ0v) is 13.8. The van der Waals surface area contributed by atoms with Crippen LogP contribution in [0.15, 0.2) is 24.3 Å². The number of benzene rings is 1. The molecule has 1 aromatic rings. The highest BCUT2D eigenvalue weighted by Crippen LogP contribution is 2.44. The Kier molecular flexibility index (Phi) is 5.92. The molecule has 1 amide bonds. The monoisotopic (exact) mass is 359 g/mol. The van der Waals surface area contributed by atoms with Gasteiger partial charge in [-0.3, -0.25) is 9.59 Å². The van der Waals surface area contributed by atoms with Crippen LogP contribution in [0, 0.1) is 5.41 Å². The van der Waals surface area contributed by atoms with Gasteiger partial charge in [0.2, 0.25) is 5.91 Å². The van der Waals surface area contributed by atoms with E-state index in [0.717, 1.165) is 37.8 Å². The minimum atomic E-state index is -4.76. The van der Waals surface area contributed by atoms with Crippen molar-refractivity contribution in [3.63, 3.8) is 0 Å². The molecule has 1 aliphatic carbocycles. The Bertz CT molecular complexity index is 607. The maximum absolute atomic E-state index is 12.3. The number of carbonyl (C=O) groups is 2. The van der Waals surface area contributed by atoms with Crippen LogP contribution in [-0.4, -0.2) is 25.3 Å². The van der Waals surface area contributed by atoms with E-state index in [9.17, 15) is 22.8 Å². The average molecular weight is 359 g/mol. The molecule has 0 spiro atoms. The molecule has 138 valence electrons. The lowest BCUT2D eigenvalue weighted by atomic mass is 9.79. The summed E-state index contributed by atoms with van der Waals surface area (Å²) < 4.78 is 44.9. The standard InChI is InChI=1S/C17H20F3NO4/c1-24-15(23)11-16(8-2-3-9-16)10-14(22)21-12-4-6-13(7-5-12)25-17(18,19)20/h4-7H,2-3,8-11H2,1H3,(H,21,22). The minimum absolute atomic E-state index is 0.170. The van der Waals surface area contributed by atoms with Gasteiger partial charge < -0.3 is 14.8 Å². The molecule has 8 heteroatoms. The predicted molar refractivity (Wildman–Crippen MR) is 83.9 cm³/mol. The molecule has 0 heterocycles. The number of rotatable bonds is 6. The van der Waals surface area contributed by atoms with Gasteiger partial charge in [-0.25, -0.2) is 0 Å². The highest BCUT2D eigenvalue weighted by molar-refractivity contribution is 5.91. The van der Waals surface area contributed by atoms with E-state index < -0.39 is 11.8 Å². The summed E-state index contributed by atoms with van der Waals surface area (Å²) in [5.74, 6) is -0.984. The van der Waals surface area contributed by atoms with Gasteiger partial charge in [-0.15, -0.1) is 13.2 Å². The first kappa shape index (κ1) is 19.1. The fourth-order valence-corrected chi connectivity index (χ4v) is 3.21. The van der Waals surface area contributed by atoms with Crippen molar-refractivity contribution in [3.05, 3.63) is 24.3 Å². The van der Waals surface area contributed by atoms with Crippen LogP contribution in [0.25, 0.3) is 0 Å². The summed E-state index contributed by atoms with van der Waals surface area (Å²) in [4.78, 5) is 23.9. The fraction of sp³-hybridized carbons (Fsp3) is 0.529. The Hall–Kier alpha value is -2.25. The molecule has 2 rings (SSSR count). The second-order valence-electron chi connectivity index (χ2n) is 6.26. The molecule has 0 aromatic heterocycles. The maximum atomic E-state index is 12.3. The average Bonchev–Trinajstić information content (AvgIpc) is 2.95. The highest BCUT2D eigenvalue weighted by atomic mass is 19.4. The van der Waals surface area contributed by atoms with Crippen LogP contribution in [0.5, 0.6) is 5.75 Å². The highest BCUT2D eigenvalue weighted by Gasteiger charge is 2.38. The van der Waals surface area contributed by atoms with Gasteiger partial charge in [0.25, 0.3) is 0 Å². The van der Waals surface area contributed by atoms with Gasteiger partial charge in [-0.1, -0.05) is 12.8 Å². The van der Waals surface area contributed by atoms with Crippen LogP contribution >= 0.6 is 0 Å². The van der Waals surface area contributed by atoms with E-state index in [1.807, 2.05) is 0 Å². The molecule has 0 radical (unpaired) electrons. The molecule has 1 saturated carbocycles. The molecule has 25 heavy (non-hydrogen) atoms. The molecule has 1 aliphatic rings. The zero-order chi connectivity index (χ0) is 18.5. The molecule has 0 aliphatic heterocycles. The number of esters is 1. The molecule has 0 unspecified atom stereocenters. The lowest BCUT2D eigenvalue weighted by Gasteiger charge is -2.27. The van der Waals surface area contributed by atoms with E-state index in [2.05, 4.69) is 10.1 Å². The Balaban J connectivity index is 1.95. The number of halogens is 3. The Morgan fingerprint density at radius 3 is 2.24 bits per heavy atom. The number of anilines is 1. The third-order valence-corrected chi connectivity index (χ3v) is 4.32. The second kappa shape index (κ2) is 7.76. The third kappa shape index (κ3) is 5.95. The Morgan fingerprint density at radius 1 is 1.12 bits per heavy atom. The van der Waals surface area contributed by atoms with Crippen LogP contribution < -0.4 is 10.1 Å². The summed E-state index contributed by atoms with van der Waals surface area (Å²) in [6, 6.07) is 4.92. The summed E-state index contributed by atoms with van der Waals surface area (Å²) in [7, 11) is 1.32. The largest absolute Gasteiger partial charge is 0.573 e. The van der Waals surface area contributed by atoms with Crippen molar-refractivity contribution in [2.75, 3.05) is 12.4 Å². The molecule has 1 aromatic carbocycles. The first-order valence-corrected chi connectivity index (χ1v) is 7.94. The Labute approximate surface area is 143 Å². The molecular formula is C17H20F3NO4. The number of alkyl halides is 3. The van der Waals surface area contributed by atoms with E-state index in [0.29, 0.717) is 5.69 Å². The van der Waals surface area contributed by atoms with Gasteiger partial charge in [-0.05, 0) is 42.5 Å². The van der Waals surface area contributed by atoms with Crippen molar-refractivity contribution < 1.29 is 32.2 Å². The van der Waals surface area contributed by atoms with Crippen molar-refractivity contribution in [1.29, 1.82) is 0 Å². The lowest BCUT2D eigenvalue weighted by Crippen LogP contribution is -2.28. The predicted octanol–water partition coefficient (Wildman–Crippen LogP) is 4.04. The van der Waals surface area contributed by atoms with Crippen LogP contribution in [0.3, 0.4) is 0 Å². The molecular weight excluding hydrogens is 339 g/mol. The molecule has 1 fully saturated rings. The van der Waals surface area contributed by atoms with Gasteiger partial charge >= 0.3 is 12.3 Å². The SMILES string of the molecule is COC(=O)CC1(CC(=O)Nc2ccc(OC(F)(F)F)cc2)CCCC1. The lowest BCUT2D eigenvalue weighted by molar-refractivity contribution is -0.274. The fourth-order valence-electron chi connectivity index (χ4n) is 3.21. The van der Waals surface area contributed by atoms with E-state index >= 15 is 0 Å². The van der Waals surface area contributed by atoms with Crippen molar-refractivity contribution in [1.82, 2.24) is 0 Å². The second-order valence-corrected chi connectivity index (χ2v) is 6.26. The molecule has 0 bridgehead atoms. The number of hydrogen-bond acceptors (Lipinski definition) is 4. The smallest absolute Gasteiger partial charge is 0.469 e. The number of hydrogen-bond donors (Lipinski definition) is 1. The van der Waals surface area contributed by atoms with Crippen LogP contribution in [-0.2, 0) is 14.3 Å². The Morgan fingerprint density at radius 2 is 1.72 bits per heavy atom. The van der Waals surface area contributed by atoms with Gasteiger partial charge in [0.1, 0.15) is 5.75 Å². The molecule has 1 N–H and O–H groups in total. The normalized spacial score (nSPS) is 16.3. The minimum Gasteiger partial charge on any atom is -0.469 e. The summed E-state index contributed by atoms with van der Waals surface area (Å²) in [6.07, 6.45) is -0.949. The van der Waals surface area contributed by atoms with Crippen LogP contribution in [0.2, 0.25) is 0 Å². The van der Waals surface area contributed by atoms with Gasteiger partial charge in [0.15, 0.2) is 0 Å². The molecule has 0 saturated heterocycles. The van der Waals surface area contributed by atoms with E-state index in [-0.39, 0.29) is 30.5 Å². The summed E-state index contributed by atoms with van der Waals surface area (Å²) in [5, 5.41) is 2.65. The van der Waals surface area contributed by atoms with Crippen molar-refractivity contribution >= 4 is 17.6 Å². The van der Waals surface area contributed by atoms with E-state index in [4.69, 9.17) is 4.74 Å². The van der Waals surface area contributed by atoms with Crippen LogP contribution in [0.1, 0.15) is 38.5 Å². The molecule has 0 atom stereocenters. The summed E-state index contributed by atoms with van der Waals surface area (Å²) in [5.41, 5.74) is -0.0398. The number of ether oxygens (including phenoxy) is 2. The van der Waals surface area contributed by atoms with E-state index in [1.165, 1.54) is 19.2 Å². The quantitative estimate of drug-likeness (QED) is 0.779. The zero-order valence-electron chi connectivity index (χ0n) is 13.8. The van der Waals surface area contributed by atoms with Gasteiger partial charge in [-0.2, -0.15) is 0 Å².